The number of ether oxygens (including phenoxy) is 1. The van der Waals surface area contributed by atoms with E-state index in [0.717, 1.165) is 22.4 Å². The van der Waals surface area contributed by atoms with Gasteiger partial charge in [0.05, 0.1) is 6.04 Å². The summed E-state index contributed by atoms with van der Waals surface area (Å²) in [5.74, 6) is 0.0925. The zero-order valence-corrected chi connectivity index (χ0v) is 20.1. The van der Waals surface area contributed by atoms with Crippen LogP contribution in [0.4, 0.5) is 0 Å². The van der Waals surface area contributed by atoms with Gasteiger partial charge in [0, 0.05) is 16.1 Å². The molecule has 0 saturated carbocycles. The Bertz CT molecular complexity index is 1390. The first-order valence-corrected chi connectivity index (χ1v) is 12.1. The third-order valence-corrected chi connectivity index (χ3v) is 6.81. The number of hydrogen-bond acceptors (Lipinski definition) is 3. The molecule has 0 unspecified atom stereocenters. The Hall–Kier alpha value is -4.09. The number of amides is 1. The maximum absolute atomic E-state index is 13.6. The fraction of sp³-hybridized carbons (Fsp3) is 0.133. The molecule has 1 heterocycles. The average Bonchev–Trinajstić information content (AvgIpc) is 3.35. The minimum atomic E-state index is -1.01. The average molecular weight is 498 g/mol. The number of hydrogen-bond donors (Lipinski definition) is 1. The van der Waals surface area contributed by atoms with E-state index >= 15 is 0 Å². The Morgan fingerprint density at radius 2 is 1.47 bits per heavy atom. The highest BCUT2D eigenvalue weighted by atomic mass is 35.5. The van der Waals surface area contributed by atoms with E-state index in [-0.39, 0.29) is 5.91 Å². The van der Waals surface area contributed by atoms with Crippen molar-refractivity contribution in [3.05, 3.63) is 119 Å². The molecular weight excluding hydrogens is 474 g/mol. The van der Waals surface area contributed by atoms with Gasteiger partial charge in [-0.15, -0.1) is 0 Å². The molecule has 5 nitrogen and oxygen atoms in total. The van der Waals surface area contributed by atoms with Crippen molar-refractivity contribution in [1.82, 2.24) is 4.90 Å². The summed E-state index contributed by atoms with van der Waals surface area (Å²) in [6, 6.07) is 30.4. The number of likely N-dealkylation sites (tertiary alicyclic amines) is 1. The molecule has 1 saturated heterocycles. The molecule has 0 radical (unpaired) electrons. The number of carboxylic acids is 1. The molecule has 1 N–H and O–H groups in total. The van der Waals surface area contributed by atoms with Crippen molar-refractivity contribution in [1.29, 1.82) is 0 Å². The van der Waals surface area contributed by atoms with Crippen LogP contribution in [0.5, 0.6) is 11.5 Å². The van der Waals surface area contributed by atoms with Crippen molar-refractivity contribution in [2.75, 3.05) is 0 Å². The zero-order valence-electron chi connectivity index (χ0n) is 19.4. The van der Waals surface area contributed by atoms with E-state index in [0.29, 0.717) is 29.2 Å². The summed E-state index contributed by atoms with van der Waals surface area (Å²) in [5, 5.41) is 10.3. The van der Waals surface area contributed by atoms with Gasteiger partial charge in [0.15, 0.2) is 0 Å². The molecule has 4 aromatic carbocycles. The molecule has 1 aliphatic rings. The van der Waals surface area contributed by atoms with Gasteiger partial charge in [0.1, 0.15) is 17.5 Å². The molecule has 0 aromatic heterocycles. The molecule has 1 amide bonds. The quantitative estimate of drug-likeness (QED) is 0.305. The maximum Gasteiger partial charge on any atom is 0.326 e. The van der Waals surface area contributed by atoms with Crippen molar-refractivity contribution in [2.45, 2.75) is 24.9 Å². The molecule has 4 aromatic rings. The fourth-order valence-corrected chi connectivity index (χ4v) is 5.00. The maximum atomic E-state index is 13.6. The molecule has 0 spiro atoms. The van der Waals surface area contributed by atoms with Gasteiger partial charge in [-0.05, 0) is 60.4 Å². The van der Waals surface area contributed by atoms with Crippen molar-refractivity contribution < 1.29 is 19.4 Å². The number of rotatable bonds is 6. The number of carboxylic acid groups (broad SMARTS) is 1. The highest BCUT2D eigenvalue weighted by molar-refractivity contribution is 6.31. The smallest absolute Gasteiger partial charge is 0.326 e. The standard InChI is InChI=1S/C30H24ClNO4/c31-25-12-6-4-11-24(25)26-18-19-27(30(34)35)32(26)29(33)21-16-14-20(15-17-21)23-10-5-7-13-28(23)36-22-8-2-1-3-9-22/h1-17,26-27H,18-19H2,(H,34,35)/t26-,27+/m1/s1. The SMILES string of the molecule is O=C(O)[C@@H]1CC[C@H](c2ccccc2Cl)N1C(=O)c1ccc(-c2ccccc2Oc2ccccc2)cc1. The van der Waals surface area contributed by atoms with Gasteiger partial charge >= 0.3 is 5.97 Å². The van der Waals surface area contributed by atoms with Gasteiger partial charge in [0.2, 0.25) is 0 Å². The monoisotopic (exact) mass is 497 g/mol. The fourth-order valence-electron chi connectivity index (χ4n) is 4.74. The van der Waals surface area contributed by atoms with E-state index in [9.17, 15) is 14.7 Å². The van der Waals surface area contributed by atoms with Gasteiger partial charge in [0.25, 0.3) is 5.91 Å². The Labute approximate surface area is 214 Å². The van der Waals surface area contributed by atoms with Crippen LogP contribution in [0, 0.1) is 0 Å². The second-order valence-corrected chi connectivity index (χ2v) is 9.08. The summed E-state index contributed by atoms with van der Waals surface area (Å²) in [6.45, 7) is 0. The normalized spacial score (nSPS) is 17.1. The molecule has 2 atom stereocenters. The summed E-state index contributed by atoms with van der Waals surface area (Å²) in [7, 11) is 0. The van der Waals surface area contributed by atoms with Crippen LogP contribution >= 0.6 is 11.6 Å². The van der Waals surface area contributed by atoms with Crippen molar-refractivity contribution >= 4 is 23.5 Å². The van der Waals surface area contributed by atoms with Gasteiger partial charge in [-0.3, -0.25) is 4.79 Å². The van der Waals surface area contributed by atoms with Crippen LogP contribution in [0.1, 0.15) is 34.8 Å². The van der Waals surface area contributed by atoms with Crippen LogP contribution in [0.25, 0.3) is 11.1 Å². The third kappa shape index (κ3) is 4.70. The van der Waals surface area contributed by atoms with E-state index in [1.54, 1.807) is 18.2 Å². The van der Waals surface area contributed by atoms with Crippen LogP contribution in [0.2, 0.25) is 5.02 Å². The molecule has 1 fully saturated rings. The topological polar surface area (TPSA) is 66.8 Å². The Kier molecular flexibility index (Phi) is 6.74. The van der Waals surface area contributed by atoms with E-state index in [1.807, 2.05) is 84.9 Å². The lowest BCUT2D eigenvalue weighted by atomic mass is 10.0. The number of halogens is 1. The molecule has 180 valence electrons. The summed E-state index contributed by atoms with van der Waals surface area (Å²) in [4.78, 5) is 27.1. The molecular formula is C30H24ClNO4. The number of para-hydroxylation sites is 2. The van der Waals surface area contributed by atoms with E-state index in [2.05, 4.69) is 0 Å². The van der Waals surface area contributed by atoms with E-state index in [4.69, 9.17) is 16.3 Å². The first kappa shape index (κ1) is 23.6. The van der Waals surface area contributed by atoms with Crippen LogP contribution < -0.4 is 4.74 Å². The van der Waals surface area contributed by atoms with Crippen LogP contribution in [0.3, 0.4) is 0 Å². The summed E-state index contributed by atoms with van der Waals surface area (Å²) in [5.41, 5.74) is 2.96. The predicted molar refractivity (Wildman–Crippen MR) is 139 cm³/mol. The second-order valence-electron chi connectivity index (χ2n) is 8.67. The molecule has 5 rings (SSSR count). The van der Waals surface area contributed by atoms with E-state index in [1.165, 1.54) is 4.90 Å². The van der Waals surface area contributed by atoms with Crippen LogP contribution in [-0.4, -0.2) is 27.9 Å². The third-order valence-electron chi connectivity index (χ3n) is 6.47. The highest BCUT2D eigenvalue weighted by Crippen LogP contribution is 2.40. The summed E-state index contributed by atoms with van der Waals surface area (Å²) < 4.78 is 6.08. The van der Waals surface area contributed by atoms with Crippen LogP contribution in [0.15, 0.2) is 103 Å². The molecule has 6 heteroatoms. The number of carbonyl (C=O) groups excluding carboxylic acids is 1. The minimum Gasteiger partial charge on any atom is -0.480 e. The second kappa shape index (κ2) is 10.3. The molecule has 36 heavy (non-hydrogen) atoms. The molecule has 0 bridgehead atoms. The lowest BCUT2D eigenvalue weighted by Gasteiger charge is -2.29. The molecule has 1 aliphatic heterocycles. The largest absolute Gasteiger partial charge is 0.480 e. The van der Waals surface area contributed by atoms with Crippen molar-refractivity contribution in [3.63, 3.8) is 0 Å². The minimum absolute atomic E-state index is 0.329. The highest BCUT2D eigenvalue weighted by Gasteiger charge is 2.42. The lowest BCUT2D eigenvalue weighted by molar-refractivity contribution is -0.141. The first-order valence-electron chi connectivity index (χ1n) is 11.7. The number of benzene rings is 4. The summed E-state index contributed by atoms with van der Waals surface area (Å²) >= 11 is 6.41. The van der Waals surface area contributed by atoms with Crippen LogP contribution in [-0.2, 0) is 4.79 Å². The Morgan fingerprint density at radius 1 is 0.806 bits per heavy atom. The number of aliphatic carboxylic acids is 1. The van der Waals surface area contributed by atoms with Crippen molar-refractivity contribution in [3.8, 4) is 22.6 Å². The Balaban J connectivity index is 1.44. The zero-order chi connectivity index (χ0) is 25.1. The number of nitrogens with zero attached hydrogens (tertiary/aromatic N) is 1. The Morgan fingerprint density at radius 3 is 2.19 bits per heavy atom. The van der Waals surface area contributed by atoms with Gasteiger partial charge in [-0.1, -0.05) is 78.3 Å². The predicted octanol–water partition coefficient (Wildman–Crippen LogP) is 7.23. The lowest BCUT2D eigenvalue weighted by Crippen LogP contribution is -2.41. The first-order chi connectivity index (χ1) is 17.5. The van der Waals surface area contributed by atoms with Gasteiger partial charge < -0.3 is 14.7 Å². The van der Waals surface area contributed by atoms with Gasteiger partial charge in [-0.25, -0.2) is 4.79 Å². The van der Waals surface area contributed by atoms with E-state index < -0.39 is 18.1 Å². The molecule has 0 aliphatic carbocycles. The van der Waals surface area contributed by atoms with Gasteiger partial charge in [-0.2, -0.15) is 0 Å². The summed E-state index contributed by atoms with van der Waals surface area (Å²) in [6.07, 6.45) is 0.911. The number of carbonyl (C=O) groups is 2. The van der Waals surface area contributed by atoms with Crippen molar-refractivity contribution in [2.24, 2.45) is 0 Å².